The van der Waals surface area contributed by atoms with Gasteiger partial charge in [-0.3, -0.25) is 4.79 Å². The summed E-state index contributed by atoms with van der Waals surface area (Å²) in [6, 6.07) is 10.5. The highest BCUT2D eigenvalue weighted by molar-refractivity contribution is 7.91. The molecule has 1 aliphatic heterocycles. The zero-order chi connectivity index (χ0) is 17.9. The minimum absolute atomic E-state index is 0.0159. The fraction of sp³-hybridized carbons (Fsp3) is 0.389. The summed E-state index contributed by atoms with van der Waals surface area (Å²) in [6.45, 7) is 0.280. The molecular formula is C18H21NO5S. The third kappa shape index (κ3) is 4.42. The molecule has 1 aromatic heterocycles. The molecule has 1 amide bonds. The van der Waals surface area contributed by atoms with Gasteiger partial charge in [-0.2, -0.15) is 0 Å². The van der Waals surface area contributed by atoms with Crippen molar-refractivity contribution >= 4 is 15.7 Å². The topological polar surface area (TPSA) is 76.8 Å². The number of sulfone groups is 1. The zero-order valence-electron chi connectivity index (χ0n) is 14.1. The Hall–Kier alpha value is -2.28. The van der Waals surface area contributed by atoms with Crippen molar-refractivity contribution in [2.24, 2.45) is 0 Å². The molecule has 1 aromatic carbocycles. The standard InChI is InChI=1S/C18H21NO5S/c1-23-16-6-4-14(5-7-16)11-18(20)19(12-17-3-2-9-24-17)15-8-10-25(21,22)13-15/h2-7,9,15H,8,10-13H2,1H3/t15-/m0/s1. The molecule has 0 aliphatic carbocycles. The molecule has 2 aromatic rings. The van der Waals surface area contributed by atoms with Gasteiger partial charge in [0.05, 0.1) is 37.8 Å². The lowest BCUT2D eigenvalue weighted by Gasteiger charge is -2.27. The number of benzene rings is 1. The molecule has 1 aliphatic rings. The number of furan rings is 1. The van der Waals surface area contributed by atoms with Gasteiger partial charge in [-0.15, -0.1) is 0 Å². The van der Waals surface area contributed by atoms with E-state index in [0.717, 1.165) is 11.3 Å². The van der Waals surface area contributed by atoms with Crippen LogP contribution in [0.1, 0.15) is 17.7 Å². The molecule has 134 valence electrons. The SMILES string of the molecule is COc1ccc(CC(=O)N(Cc2ccco2)[C@H]2CCS(=O)(=O)C2)cc1. The lowest BCUT2D eigenvalue weighted by molar-refractivity contribution is -0.133. The lowest BCUT2D eigenvalue weighted by atomic mass is 10.1. The summed E-state index contributed by atoms with van der Waals surface area (Å²) >= 11 is 0. The monoisotopic (exact) mass is 363 g/mol. The summed E-state index contributed by atoms with van der Waals surface area (Å²) in [5, 5.41) is 0. The molecular weight excluding hydrogens is 342 g/mol. The van der Waals surface area contributed by atoms with Crippen molar-refractivity contribution in [1.82, 2.24) is 4.90 Å². The largest absolute Gasteiger partial charge is 0.497 e. The molecule has 1 atom stereocenters. The molecule has 0 N–H and O–H groups in total. The van der Waals surface area contributed by atoms with E-state index in [9.17, 15) is 13.2 Å². The van der Waals surface area contributed by atoms with Crippen molar-refractivity contribution < 1.29 is 22.4 Å². The summed E-state index contributed by atoms with van der Waals surface area (Å²) in [5.74, 6) is 1.41. The molecule has 0 radical (unpaired) electrons. The average molecular weight is 363 g/mol. The van der Waals surface area contributed by atoms with E-state index in [1.54, 1.807) is 42.5 Å². The number of hydrogen-bond acceptors (Lipinski definition) is 5. The number of methoxy groups -OCH3 is 1. The highest BCUT2D eigenvalue weighted by atomic mass is 32.2. The summed E-state index contributed by atoms with van der Waals surface area (Å²) in [4.78, 5) is 14.5. The Bertz CT molecular complexity index is 812. The Morgan fingerprint density at radius 3 is 2.60 bits per heavy atom. The number of nitrogens with zero attached hydrogens (tertiary/aromatic N) is 1. The fourth-order valence-corrected chi connectivity index (χ4v) is 4.76. The van der Waals surface area contributed by atoms with Crippen molar-refractivity contribution in [3.63, 3.8) is 0 Å². The molecule has 1 fully saturated rings. The van der Waals surface area contributed by atoms with E-state index in [-0.39, 0.29) is 36.4 Å². The first-order valence-electron chi connectivity index (χ1n) is 8.12. The average Bonchev–Trinajstić information content (AvgIpc) is 3.22. The Labute approximate surface area is 147 Å². The maximum absolute atomic E-state index is 12.8. The van der Waals surface area contributed by atoms with Gasteiger partial charge in [0.2, 0.25) is 5.91 Å². The van der Waals surface area contributed by atoms with E-state index in [2.05, 4.69) is 0 Å². The molecule has 0 saturated carbocycles. The first kappa shape index (κ1) is 17.5. The van der Waals surface area contributed by atoms with Gasteiger partial charge in [0.1, 0.15) is 11.5 Å². The number of amides is 1. The lowest BCUT2D eigenvalue weighted by Crippen LogP contribution is -2.41. The van der Waals surface area contributed by atoms with Gasteiger partial charge in [-0.25, -0.2) is 8.42 Å². The second kappa shape index (κ2) is 7.31. The number of carbonyl (C=O) groups excluding carboxylic acids is 1. The van der Waals surface area contributed by atoms with Crippen LogP contribution in [0, 0.1) is 0 Å². The van der Waals surface area contributed by atoms with E-state index in [0.29, 0.717) is 12.2 Å². The van der Waals surface area contributed by atoms with E-state index in [4.69, 9.17) is 9.15 Å². The number of rotatable bonds is 6. The summed E-state index contributed by atoms with van der Waals surface area (Å²) in [7, 11) is -1.49. The van der Waals surface area contributed by atoms with E-state index >= 15 is 0 Å². The van der Waals surface area contributed by atoms with E-state index in [1.165, 1.54) is 0 Å². The summed E-state index contributed by atoms with van der Waals surface area (Å²) < 4.78 is 34.1. The van der Waals surface area contributed by atoms with Gasteiger partial charge < -0.3 is 14.1 Å². The third-order valence-electron chi connectivity index (χ3n) is 4.39. The first-order valence-corrected chi connectivity index (χ1v) is 9.94. The second-order valence-corrected chi connectivity index (χ2v) is 8.41. The van der Waals surface area contributed by atoms with Crippen LogP contribution in [0.25, 0.3) is 0 Å². The van der Waals surface area contributed by atoms with Crippen LogP contribution in [0.3, 0.4) is 0 Å². The van der Waals surface area contributed by atoms with E-state index < -0.39 is 9.84 Å². The number of carbonyl (C=O) groups is 1. The van der Waals surface area contributed by atoms with Gasteiger partial charge in [-0.05, 0) is 36.2 Å². The highest BCUT2D eigenvalue weighted by Gasteiger charge is 2.35. The Balaban J connectivity index is 1.76. The maximum atomic E-state index is 12.8. The molecule has 0 spiro atoms. The van der Waals surface area contributed by atoms with Crippen LogP contribution in [0.15, 0.2) is 47.1 Å². The van der Waals surface area contributed by atoms with Crippen molar-refractivity contribution in [2.45, 2.75) is 25.4 Å². The first-order chi connectivity index (χ1) is 12.0. The molecule has 25 heavy (non-hydrogen) atoms. The molecule has 0 bridgehead atoms. The second-order valence-electron chi connectivity index (χ2n) is 6.18. The summed E-state index contributed by atoms with van der Waals surface area (Å²) in [6.07, 6.45) is 2.23. The molecule has 2 heterocycles. The number of ether oxygens (including phenoxy) is 1. The van der Waals surface area contributed by atoms with Crippen LogP contribution >= 0.6 is 0 Å². The van der Waals surface area contributed by atoms with Gasteiger partial charge in [0.15, 0.2) is 9.84 Å². The van der Waals surface area contributed by atoms with Crippen LogP contribution in [-0.2, 0) is 27.6 Å². The van der Waals surface area contributed by atoms with Gasteiger partial charge >= 0.3 is 0 Å². The van der Waals surface area contributed by atoms with Crippen LogP contribution in [-0.4, -0.2) is 43.9 Å². The van der Waals surface area contributed by atoms with E-state index in [1.807, 2.05) is 12.1 Å². The maximum Gasteiger partial charge on any atom is 0.227 e. The van der Waals surface area contributed by atoms with Gasteiger partial charge in [0, 0.05) is 6.04 Å². The molecule has 3 rings (SSSR count). The highest BCUT2D eigenvalue weighted by Crippen LogP contribution is 2.22. The van der Waals surface area contributed by atoms with Gasteiger partial charge in [0.25, 0.3) is 0 Å². The Morgan fingerprint density at radius 2 is 2.04 bits per heavy atom. The Morgan fingerprint density at radius 1 is 1.28 bits per heavy atom. The van der Waals surface area contributed by atoms with Crippen molar-refractivity contribution in [2.75, 3.05) is 18.6 Å². The van der Waals surface area contributed by atoms with Crippen molar-refractivity contribution in [1.29, 1.82) is 0 Å². The van der Waals surface area contributed by atoms with Crippen LogP contribution in [0.4, 0.5) is 0 Å². The van der Waals surface area contributed by atoms with Crippen LogP contribution in [0.2, 0.25) is 0 Å². The molecule has 1 saturated heterocycles. The van der Waals surface area contributed by atoms with Crippen molar-refractivity contribution in [3.05, 3.63) is 54.0 Å². The third-order valence-corrected chi connectivity index (χ3v) is 6.14. The minimum Gasteiger partial charge on any atom is -0.497 e. The smallest absolute Gasteiger partial charge is 0.227 e. The van der Waals surface area contributed by atoms with Crippen LogP contribution in [0.5, 0.6) is 5.75 Å². The molecule has 6 nitrogen and oxygen atoms in total. The minimum atomic E-state index is -3.08. The zero-order valence-corrected chi connectivity index (χ0v) is 14.9. The predicted molar refractivity (Wildman–Crippen MR) is 93.0 cm³/mol. The quantitative estimate of drug-likeness (QED) is 0.785. The fourth-order valence-electron chi connectivity index (χ4n) is 3.03. The Kier molecular flexibility index (Phi) is 5.13. The normalized spacial score (nSPS) is 18.8. The number of hydrogen-bond donors (Lipinski definition) is 0. The van der Waals surface area contributed by atoms with Crippen molar-refractivity contribution in [3.8, 4) is 5.75 Å². The van der Waals surface area contributed by atoms with Gasteiger partial charge in [-0.1, -0.05) is 12.1 Å². The molecule has 0 unspecified atom stereocenters. The predicted octanol–water partition coefficient (Wildman–Crippen LogP) is 2.05. The van der Waals surface area contributed by atoms with Crippen LogP contribution < -0.4 is 4.74 Å². The summed E-state index contributed by atoms with van der Waals surface area (Å²) in [5.41, 5.74) is 0.857. The molecule has 7 heteroatoms.